The molecule has 12 nitrogen and oxygen atoms in total. The van der Waals surface area contributed by atoms with E-state index in [1.807, 2.05) is 0 Å². The number of halogens is 6. The molecule has 0 bridgehead atoms. The van der Waals surface area contributed by atoms with Gasteiger partial charge in [-0.15, -0.1) is 0 Å². The number of carbonyl (C=O) groups is 2. The van der Waals surface area contributed by atoms with Crippen molar-refractivity contribution in [3.05, 3.63) is 72.1 Å². The van der Waals surface area contributed by atoms with Crippen molar-refractivity contribution in [1.29, 1.82) is 0 Å². The van der Waals surface area contributed by atoms with Crippen LogP contribution in [-0.4, -0.2) is 65.7 Å². The van der Waals surface area contributed by atoms with E-state index in [1.54, 1.807) is 0 Å². The highest BCUT2D eigenvalue weighted by molar-refractivity contribution is 5.87. The van der Waals surface area contributed by atoms with Crippen molar-refractivity contribution in [3.8, 4) is 11.6 Å². The molecule has 0 aliphatic rings. The number of hydrogen-bond donors (Lipinski definition) is 0. The van der Waals surface area contributed by atoms with Crippen LogP contribution in [0.2, 0.25) is 0 Å². The lowest BCUT2D eigenvalue weighted by atomic mass is 10.3. The Kier molecular flexibility index (Phi) is 8.02. The highest BCUT2D eigenvalue weighted by atomic mass is 19.4. The molecule has 0 saturated heterocycles. The zero-order valence-electron chi connectivity index (χ0n) is 19.1. The Bertz CT molecular complexity index is 1330. The average Bonchev–Trinajstić information content (AvgIpc) is 3.59. The number of rotatable bonds is 4. The SMILES string of the molecule is COC(=O)c1cc(-n2cc(C(F)(F)F)cn2)ncn1.COC(=O)c1cc(-n2cc(C(F)(F)F)cn2)ncn1. The zero-order chi connectivity index (χ0) is 28.1. The van der Waals surface area contributed by atoms with Crippen LogP contribution >= 0.6 is 0 Å². The molecule has 4 rings (SSSR count). The van der Waals surface area contributed by atoms with Gasteiger partial charge in [0.25, 0.3) is 0 Å². The van der Waals surface area contributed by atoms with E-state index in [1.165, 1.54) is 26.4 Å². The highest BCUT2D eigenvalue weighted by Crippen LogP contribution is 2.29. The Hall–Kier alpha value is -4.90. The fraction of sp³-hybridized carbons (Fsp3) is 0.200. The van der Waals surface area contributed by atoms with Crippen molar-refractivity contribution in [3.63, 3.8) is 0 Å². The minimum atomic E-state index is -4.49. The maximum atomic E-state index is 12.4. The maximum absolute atomic E-state index is 12.4. The Morgan fingerprint density at radius 3 is 1.34 bits per heavy atom. The number of ether oxygens (including phenoxy) is 2. The topological polar surface area (TPSA) is 140 Å². The minimum Gasteiger partial charge on any atom is -0.464 e. The van der Waals surface area contributed by atoms with E-state index in [0.29, 0.717) is 12.4 Å². The molecular weight excluding hydrogens is 530 g/mol. The molecule has 0 radical (unpaired) electrons. The number of alkyl halides is 6. The predicted molar refractivity (Wildman–Crippen MR) is 111 cm³/mol. The van der Waals surface area contributed by atoms with Crippen molar-refractivity contribution < 1.29 is 45.4 Å². The van der Waals surface area contributed by atoms with Gasteiger partial charge in [0.2, 0.25) is 0 Å². The van der Waals surface area contributed by atoms with Crippen LogP contribution in [0.1, 0.15) is 32.1 Å². The number of hydrogen-bond acceptors (Lipinski definition) is 10. The Morgan fingerprint density at radius 1 is 0.684 bits per heavy atom. The molecule has 18 heteroatoms. The summed E-state index contributed by atoms with van der Waals surface area (Å²) in [5.74, 6) is -1.37. The molecule has 38 heavy (non-hydrogen) atoms. The second-order valence-electron chi connectivity index (χ2n) is 6.85. The lowest BCUT2D eigenvalue weighted by Gasteiger charge is -2.03. The summed E-state index contributed by atoms with van der Waals surface area (Å²) in [5.41, 5.74) is -1.97. The molecule has 0 amide bonds. The van der Waals surface area contributed by atoms with Crippen LogP contribution in [-0.2, 0) is 21.8 Å². The first kappa shape index (κ1) is 27.7. The van der Waals surface area contributed by atoms with Crippen molar-refractivity contribution in [2.75, 3.05) is 14.2 Å². The summed E-state index contributed by atoms with van der Waals surface area (Å²) in [7, 11) is 2.33. The van der Waals surface area contributed by atoms with Crippen LogP contribution in [0.3, 0.4) is 0 Å². The van der Waals surface area contributed by atoms with Crippen LogP contribution in [0.4, 0.5) is 26.3 Å². The number of aromatic nitrogens is 8. The van der Waals surface area contributed by atoms with Gasteiger partial charge >= 0.3 is 24.3 Å². The van der Waals surface area contributed by atoms with E-state index >= 15 is 0 Å². The van der Waals surface area contributed by atoms with Crippen LogP contribution in [0, 0.1) is 0 Å². The monoisotopic (exact) mass is 544 g/mol. The summed E-state index contributed by atoms with van der Waals surface area (Å²) in [4.78, 5) is 37.2. The fourth-order valence-corrected chi connectivity index (χ4v) is 2.57. The zero-order valence-corrected chi connectivity index (χ0v) is 19.1. The van der Waals surface area contributed by atoms with Gasteiger partial charge in [0, 0.05) is 24.5 Å². The van der Waals surface area contributed by atoms with Gasteiger partial charge in [0.1, 0.15) is 12.7 Å². The van der Waals surface area contributed by atoms with Gasteiger partial charge in [-0.25, -0.2) is 38.9 Å². The highest BCUT2D eigenvalue weighted by Gasteiger charge is 2.33. The minimum absolute atomic E-state index is 0.0332. The van der Waals surface area contributed by atoms with E-state index in [9.17, 15) is 35.9 Å². The van der Waals surface area contributed by atoms with Gasteiger partial charge in [-0.3, -0.25) is 0 Å². The van der Waals surface area contributed by atoms with Gasteiger partial charge in [-0.1, -0.05) is 0 Å². The van der Waals surface area contributed by atoms with Crippen molar-refractivity contribution in [1.82, 2.24) is 39.5 Å². The molecule has 0 spiro atoms. The lowest BCUT2D eigenvalue weighted by Crippen LogP contribution is -2.08. The molecule has 0 N–H and O–H groups in total. The Labute approximate surface area is 207 Å². The van der Waals surface area contributed by atoms with Gasteiger partial charge in [0.15, 0.2) is 23.0 Å². The Morgan fingerprint density at radius 2 is 1.05 bits per heavy atom. The van der Waals surface area contributed by atoms with E-state index in [0.717, 1.165) is 34.4 Å². The molecule has 0 saturated carbocycles. The first-order chi connectivity index (χ1) is 17.8. The predicted octanol–water partition coefficient (Wildman–Crippen LogP) is 2.94. The number of carbonyl (C=O) groups excluding carboxylic acids is 2. The Balaban J connectivity index is 0.000000211. The fourth-order valence-electron chi connectivity index (χ4n) is 2.57. The summed E-state index contributed by atoms with van der Waals surface area (Å²) < 4.78 is 85.2. The molecule has 0 unspecified atom stereocenters. The van der Waals surface area contributed by atoms with E-state index in [2.05, 4.69) is 39.6 Å². The second kappa shape index (κ2) is 11.0. The molecule has 0 aromatic carbocycles. The van der Waals surface area contributed by atoms with Crippen LogP contribution in [0.25, 0.3) is 11.6 Å². The first-order valence-corrected chi connectivity index (χ1v) is 9.88. The van der Waals surface area contributed by atoms with Gasteiger partial charge in [-0.05, 0) is 0 Å². The number of nitrogens with zero attached hydrogens (tertiary/aromatic N) is 8. The normalized spacial score (nSPS) is 11.4. The average molecular weight is 544 g/mol. The maximum Gasteiger partial charge on any atom is 0.419 e. The van der Waals surface area contributed by atoms with E-state index in [-0.39, 0.29) is 23.0 Å². The van der Waals surface area contributed by atoms with Gasteiger partial charge in [-0.2, -0.15) is 36.5 Å². The summed E-state index contributed by atoms with van der Waals surface area (Å²) in [6.45, 7) is 0. The molecule has 0 atom stereocenters. The van der Waals surface area contributed by atoms with E-state index < -0.39 is 35.4 Å². The number of esters is 2. The quantitative estimate of drug-likeness (QED) is 0.278. The van der Waals surface area contributed by atoms with Crippen molar-refractivity contribution >= 4 is 11.9 Å². The smallest absolute Gasteiger partial charge is 0.419 e. The van der Waals surface area contributed by atoms with Gasteiger partial charge < -0.3 is 9.47 Å². The molecule has 0 aliphatic carbocycles. The molecule has 0 fully saturated rings. The van der Waals surface area contributed by atoms with Gasteiger partial charge in [0.05, 0.1) is 37.7 Å². The third kappa shape index (κ3) is 6.65. The number of methoxy groups -OCH3 is 2. The van der Waals surface area contributed by atoms with E-state index in [4.69, 9.17) is 0 Å². The first-order valence-electron chi connectivity index (χ1n) is 9.88. The van der Waals surface area contributed by atoms with Crippen LogP contribution in [0.15, 0.2) is 49.6 Å². The van der Waals surface area contributed by atoms with Crippen molar-refractivity contribution in [2.24, 2.45) is 0 Å². The standard InChI is InChI=1S/2C10H7F3N4O2/c2*1-19-9(18)7-2-8(15-5-14-7)17-4-6(3-16-17)10(11,12)13/h2*2-5H,1H3. The second-order valence-corrected chi connectivity index (χ2v) is 6.85. The molecule has 4 aromatic heterocycles. The third-order valence-corrected chi connectivity index (χ3v) is 4.38. The molecule has 4 aromatic rings. The summed E-state index contributed by atoms with van der Waals surface area (Å²) >= 11 is 0. The third-order valence-electron chi connectivity index (χ3n) is 4.38. The van der Waals surface area contributed by atoms with Crippen LogP contribution < -0.4 is 0 Å². The largest absolute Gasteiger partial charge is 0.464 e. The molecule has 0 aliphatic heterocycles. The summed E-state index contributed by atoms with van der Waals surface area (Å²) in [5, 5.41) is 7.07. The molecule has 4 heterocycles. The summed E-state index contributed by atoms with van der Waals surface area (Å²) in [6.07, 6.45) is -4.04. The van der Waals surface area contributed by atoms with Crippen LogP contribution in [0.5, 0.6) is 0 Å². The summed E-state index contributed by atoms with van der Waals surface area (Å²) in [6, 6.07) is 2.36. The molecule has 200 valence electrons. The van der Waals surface area contributed by atoms with Crippen molar-refractivity contribution in [2.45, 2.75) is 12.4 Å². The lowest BCUT2D eigenvalue weighted by molar-refractivity contribution is -0.138. The molecular formula is C20H14F6N8O4.